The van der Waals surface area contributed by atoms with Crippen molar-refractivity contribution in [3.8, 4) is 36.4 Å². The maximum atomic E-state index is 12.1. The normalized spacial score (nSPS) is 22.2. The Bertz CT molecular complexity index is 4860. The Morgan fingerprint density at radius 1 is 0.529 bits per heavy atom. The number of aromatic amines is 2. The summed E-state index contributed by atoms with van der Waals surface area (Å²) in [6.45, 7) is 20.6. The van der Waals surface area contributed by atoms with E-state index in [0.717, 1.165) is 5.33 Å². The van der Waals surface area contributed by atoms with E-state index in [1.54, 1.807) is 38.3 Å². The van der Waals surface area contributed by atoms with Crippen LogP contribution in [0.1, 0.15) is 154 Å². The number of fused-ring (bicyclic) bond motifs is 4. The molecule has 12 heterocycles. The third kappa shape index (κ3) is 29.7. The molecule has 0 aromatic carbocycles. The van der Waals surface area contributed by atoms with Gasteiger partial charge in [-0.15, -0.1) is 19.4 Å². The second-order valence-corrected chi connectivity index (χ2v) is 25.4. The summed E-state index contributed by atoms with van der Waals surface area (Å²) in [7, 11) is 15.8. The summed E-state index contributed by atoms with van der Waals surface area (Å²) in [6.07, 6.45) is 4.04. The van der Waals surface area contributed by atoms with Crippen molar-refractivity contribution in [2.24, 2.45) is 0 Å². The first-order valence-electron chi connectivity index (χ1n) is 34.7. The van der Waals surface area contributed by atoms with Gasteiger partial charge in [0.2, 0.25) is 11.8 Å². The standard InChI is InChI=1S/C19H22N4O6.C16H20N4O6.C14H16N4O5.C11H14N4O5.C4H6O3.C3H5Br.5CH4.B5.Na.H2O/c1-6-8-26-18-14-17(21-10(3)22-18)23(9-20-14)19-16(28-12(5)25)15(27-11(4)24)13(7-2)29-19;1-5-10-12(24-8(3)21)13(25-9(4)22)16(26-10)20-6-17-11-14(20)18-7(2)19-15(11)23;1-3-4-22-13-9-12(16-7(2)17-13)18(6-15-9)14-11(21)10(20)8(5-19)23-14;1-4-13-9-6(10(19)14-4)12-3-15(9)11-8(18)7(17)5(2-16)20-11;1-3(5)7-4(2)6;1-2-3-4;;;;;;1-4-5(2)3;;/h1,9,13,15-16,19H,7-8H2,2-5H3;6,10,12-13,16H,5H2,1-4H3,(H,18,19,23);1,6,8,10-11,14,19-21H,4-5H2,2H3;3,5,7-8,11,16-18H,2H2,1H3,(H,13,14,19);1-2H3;2H,1,3H2;5*1H4;;;1H2/q;;;;;;;;;;;;+1;/p-1/t13-,15+,16?,19-;10-,12+,13?,16-;8-,10+,11?,14-;5-,7+,8?,11-;;;;;;;;;;/m1111........../s1. The Balaban J connectivity index is 0. The van der Waals surface area contributed by atoms with Crippen LogP contribution in [0.2, 0.25) is 0 Å². The molecule has 8 aromatic heterocycles. The maximum absolute atomic E-state index is 12.1. The van der Waals surface area contributed by atoms with Gasteiger partial charge in [0.15, 0.2) is 107 Å². The van der Waals surface area contributed by atoms with Crippen LogP contribution >= 0.6 is 15.9 Å². The fourth-order valence-electron chi connectivity index (χ4n) is 11.5. The van der Waals surface area contributed by atoms with Gasteiger partial charge in [-0.1, -0.05) is 84.8 Å². The Labute approximate surface area is 734 Å². The molecule has 8 aromatic rings. The number of hydrogen-bond acceptors (Lipinski definition) is 36. The number of ether oxygens (including phenoxy) is 11. The molecule has 9 N–H and O–H groups in total. The third-order valence-corrected chi connectivity index (χ3v) is 16.5. The van der Waals surface area contributed by atoms with E-state index >= 15 is 0 Å². The fourth-order valence-corrected chi connectivity index (χ4v) is 11.5. The second kappa shape index (κ2) is 53.5. The first kappa shape index (κ1) is 114. The van der Waals surface area contributed by atoms with Crippen molar-refractivity contribution in [3.63, 3.8) is 0 Å². The number of esters is 6. The van der Waals surface area contributed by atoms with E-state index in [1.807, 2.05) is 13.8 Å². The summed E-state index contributed by atoms with van der Waals surface area (Å²) in [4.78, 5) is 137. The van der Waals surface area contributed by atoms with Crippen LogP contribution in [0.5, 0.6) is 11.8 Å². The van der Waals surface area contributed by atoms with Gasteiger partial charge >= 0.3 is 65.4 Å². The molecule has 42 nitrogen and oxygen atoms in total. The average molecular weight is 1770 g/mol. The molecule has 49 heteroatoms. The van der Waals surface area contributed by atoms with Gasteiger partial charge in [-0.05, 0) is 40.5 Å². The summed E-state index contributed by atoms with van der Waals surface area (Å²) in [6, 6.07) is 0. The molecule has 0 saturated carbocycles. The molecule has 4 saturated heterocycles. The van der Waals surface area contributed by atoms with E-state index < -0.39 is 159 Å². The van der Waals surface area contributed by atoms with Gasteiger partial charge in [0.05, 0.1) is 38.5 Å². The van der Waals surface area contributed by atoms with Crippen molar-refractivity contribution in [2.75, 3.05) is 31.8 Å². The Kier molecular flexibility index (Phi) is 50.3. The summed E-state index contributed by atoms with van der Waals surface area (Å²) >= 11 is 3.13. The van der Waals surface area contributed by atoms with E-state index in [-0.39, 0.29) is 119 Å². The quantitative estimate of drug-likeness (QED) is 0.00920. The third-order valence-electron chi connectivity index (χ3n) is 16.0. The number of terminal acetylenes is 2. The van der Waals surface area contributed by atoms with Crippen LogP contribution in [-0.2, 0) is 71.4 Å². The number of imidazole rings is 4. The number of H-pyrrole nitrogens is 2. The summed E-state index contributed by atoms with van der Waals surface area (Å²) < 4.78 is 65.4. The van der Waals surface area contributed by atoms with Crippen LogP contribution in [0.3, 0.4) is 0 Å². The molecule has 4 fully saturated rings. The molecule has 12 rings (SSSR count). The van der Waals surface area contributed by atoms with Crippen molar-refractivity contribution in [3.05, 3.63) is 82.0 Å². The smallest absolute Gasteiger partial charge is 0.870 e. The van der Waals surface area contributed by atoms with Crippen molar-refractivity contribution in [1.82, 2.24) is 78.1 Å². The van der Waals surface area contributed by atoms with Crippen molar-refractivity contribution >= 4 is 133 Å². The molecule has 7 radical (unpaired) electrons. The number of carbonyl (C=O) groups is 6. The second-order valence-electron chi connectivity index (χ2n) is 24.7. The number of nitrogens with one attached hydrogen (secondary N) is 2. The molecular formula is C72H104B5BrN16NaO26. The molecule has 0 amide bonds. The molecule has 121 heavy (non-hydrogen) atoms. The Hall–Kier alpha value is -9.36. The number of carbonyl (C=O) groups excluding carboxylic acids is 6. The average Bonchev–Trinajstić information content (AvgIpc) is 1.63. The Morgan fingerprint density at radius 2 is 0.810 bits per heavy atom. The molecule has 0 spiro atoms. The topological polar surface area (TPSA) is 570 Å². The number of aromatic nitrogens is 16. The SMILES string of the molecule is C.C.C.C.C.C#CCOc1nc(C)nc2c1ncn2[C@@H]1O[C@H](CC)[C@H](OC(C)=O)C1OC(C)=O.C#CCOc1nc(C)nc2c1ncn2[C@@H]1O[C@H](CO)[C@H](O)C1O.C=CCBr.CC(=O)OC(C)=O.CC[C@H]1O[C@@H](n2cnc3c(=O)[nH]c(C)nc32)C(OC(C)=O)[C@H]1OC(C)=O.Cc1nc2c(ncn2[C@@H]2O[C@H](CO)[C@H](O)C2O)c(=O)[nH]1.[B][B]B([B])[B].[Na+].[OH-]. The molecule has 16 atom stereocenters. The first-order valence-corrected chi connectivity index (χ1v) is 35.8. The molecule has 651 valence electrons. The predicted molar refractivity (Wildman–Crippen MR) is 442 cm³/mol. The summed E-state index contributed by atoms with van der Waals surface area (Å²) in [5, 5.41) is 58.9. The summed E-state index contributed by atoms with van der Waals surface area (Å²) in [5.41, 5.74) is 1.59. The largest absolute Gasteiger partial charge is 1.00 e. The van der Waals surface area contributed by atoms with E-state index in [4.69, 9.17) is 88.5 Å². The number of halogens is 1. The minimum absolute atomic E-state index is 0. The van der Waals surface area contributed by atoms with Crippen LogP contribution in [0.4, 0.5) is 0 Å². The number of allylic oxidation sites excluding steroid dienone is 1. The van der Waals surface area contributed by atoms with E-state index in [0.29, 0.717) is 64.1 Å². The van der Waals surface area contributed by atoms with E-state index in [2.05, 4.69) is 98.9 Å². The van der Waals surface area contributed by atoms with Crippen molar-refractivity contribution in [2.45, 2.75) is 231 Å². The zero-order chi connectivity index (χ0) is 84.7. The van der Waals surface area contributed by atoms with Gasteiger partial charge in [0.25, 0.3) is 11.1 Å². The molecule has 0 aliphatic carbocycles. The van der Waals surface area contributed by atoms with Crippen molar-refractivity contribution in [1.29, 1.82) is 0 Å². The number of aliphatic hydroxyl groups excluding tert-OH is 6. The fraction of sp³-hybridized carbons (Fsp3) is 0.556. The minimum atomic E-state index is -1.24. The molecule has 4 aliphatic heterocycles. The molecule has 4 unspecified atom stereocenters. The van der Waals surface area contributed by atoms with Gasteiger partial charge in [-0.2, -0.15) is 9.97 Å². The molecular weight excluding hydrogens is 1660 g/mol. The number of aliphatic hydroxyl groups is 6. The number of alkyl halides is 1. The number of hydrogen-bond donors (Lipinski definition) is 8. The van der Waals surface area contributed by atoms with Gasteiger partial charge < -0.3 is 98.2 Å². The van der Waals surface area contributed by atoms with Crippen molar-refractivity contribution < 1.29 is 147 Å². The van der Waals surface area contributed by atoms with Gasteiger partial charge in [-0.3, -0.25) is 56.6 Å². The zero-order valence-electron chi connectivity index (χ0n) is 65.3. The van der Waals surface area contributed by atoms with Crippen LogP contribution < -0.4 is 50.1 Å². The van der Waals surface area contributed by atoms with E-state index in [9.17, 15) is 63.9 Å². The van der Waals surface area contributed by atoms with Gasteiger partial charge in [-0.25, -0.2) is 39.9 Å². The van der Waals surface area contributed by atoms with Gasteiger partial charge in [0.1, 0.15) is 72.1 Å². The predicted octanol–water partition coefficient (Wildman–Crippen LogP) is -1.52. The summed E-state index contributed by atoms with van der Waals surface area (Å²) in [5.74, 6) is 3.70. The monoisotopic (exact) mass is 1770 g/mol. The van der Waals surface area contributed by atoms with Crippen LogP contribution in [0.15, 0.2) is 47.6 Å². The number of rotatable bonds is 18. The van der Waals surface area contributed by atoms with Crippen LogP contribution in [0.25, 0.3) is 44.7 Å². The van der Waals surface area contributed by atoms with Crippen LogP contribution in [-0.4, -0.2) is 292 Å². The Morgan fingerprint density at radius 3 is 1.06 bits per heavy atom. The zero-order valence-corrected chi connectivity index (χ0v) is 68.9. The minimum Gasteiger partial charge on any atom is -0.870 e. The van der Waals surface area contributed by atoms with E-state index in [1.165, 1.54) is 87.6 Å². The first-order chi connectivity index (χ1) is 54.1. The molecule has 0 bridgehead atoms. The van der Waals surface area contributed by atoms with Gasteiger partial charge in [0, 0.05) is 83.5 Å². The van der Waals surface area contributed by atoms with Crippen LogP contribution in [0, 0.1) is 52.4 Å². The maximum Gasteiger partial charge on any atom is 1.00 e. The molecule has 4 aliphatic rings. The number of nitrogens with zero attached hydrogens (tertiary/aromatic N) is 14. The number of aryl methyl sites for hydroxylation is 4.